The van der Waals surface area contributed by atoms with Gasteiger partial charge in [0.2, 0.25) is 8.40 Å². The highest BCUT2D eigenvalue weighted by Crippen LogP contribution is 2.54. The molecule has 1 saturated heterocycles. The van der Waals surface area contributed by atoms with Gasteiger partial charge in [-0.05, 0) is 29.9 Å². The van der Waals surface area contributed by atoms with Crippen molar-refractivity contribution in [2.24, 2.45) is 0 Å². The fourth-order valence-electron chi connectivity index (χ4n) is 1.54. The van der Waals surface area contributed by atoms with E-state index in [0.717, 1.165) is 0 Å². The van der Waals surface area contributed by atoms with Crippen molar-refractivity contribution < 1.29 is 0 Å². The molecule has 0 aromatic heterocycles. The van der Waals surface area contributed by atoms with Crippen LogP contribution in [0, 0.1) is 0 Å². The van der Waals surface area contributed by atoms with E-state index >= 15 is 0 Å². The summed E-state index contributed by atoms with van der Waals surface area (Å²) in [5, 5.41) is 3.97. The largest absolute Gasteiger partial charge is 0.269 e. The normalized spacial score (nSPS) is 54.3. The number of hydrogen-bond donors (Lipinski definition) is 3. The molecule has 0 spiro atoms. The zero-order valence-corrected chi connectivity index (χ0v) is 12.3. The predicted octanol–water partition coefficient (Wildman–Crippen LogP) is 2.38. The molecule has 1 aliphatic rings. The van der Waals surface area contributed by atoms with E-state index in [1.807, 2.05) is 16.5 Å². The fourth-order valence-corrected chi connectivity index (χ4v) is 15.0. The zero-order valence-electron chi connectivity index (χ0n) is 9.67. The molecular formula is C9H21N3S2Si. The molecule has 1 heterocycles. The van der Waals surface area contributed by atoms with Gasteiger partial charge in [-0.3, -0.25) is 8.78 Å². The molecule has 2 atom stereocenters. The van der Waals surface area contributed by atoms with Crippen molar-refractivity contribution in [1.29, 1.82) is 0 Å². The maximum absolute atomic E-state index is 3.92. The Morgan fingerprint density at radius 2 is 1.40 bits per heavy atom. The van der Waals surface area contributed by atoms with Gasteiger partial charge in [0.25, 0.3) is 0 Å². The zero-order chi connectivity index (χ0) is 11.7. The molecule has 88 valence electrons. The lowest BCUT2D eigenvalue weighted by atomic mass is 11.3. The van der Waals surface area contributed by atoms with Crippen molar-refractivity contribution in [2.75, 3.05) is 12.5 Å². The average molecular weight is 264 g/mol. The summed E-state index contributed by atoms with van der Waals surface area (Å²) in [5.41, 5.74) is 2.03. The first-order valence-corrected chi connectivity index (χ1v) is 11.4. The van der Waals surface area contributed by atoms with Gasteiger partial charge in [0, 0.05) is 0 Å². The third-order valence-corrected chi connectivity index (χ3v) is 14.0. The Bertz CT molecular complexity index is 252. The van der Waals surface area contributed by atoms with Gasteiger partial charge in [-0.2, -0.15) is 0 Å². The highest BCUT2D eigenvalue weighted by Gasteiger charge is 2.41. The monoisotopic (exact) mass is 263 g/mol. The summed E-state index contributed by atoms with van der Waals surface area (Å²) in [4.78, 5) is 0. The molecule has 0 saturated carbocycles. The van der Waals surface area contributed by atoms with E-state index in [4.69, 9.17) is 0 Å². The Kier molecular flexibility index (Phi) is 3.59. The summed E-state index contributed by atoms with van der Waals surface area (Å²) >= 11 is 0. The van der Waals surface area contributed by atoms with Crippen LogP contribution in [-0.4, -0.2) is 20.9 Å². The molecule has 2 unspecified atom stereocenters. The first kappa shape index (κ1) is 13.1. The van der Waals surface area contributed by atoms with Crippen LogP contribution in [0.2, 0.25) is 6.55 Å². The van der Waals surface area contributed by atoms with E-state index in [-0.39, 0.29) is 0 Å². The van der Waals surface area contributed by atoms with Crippen LogP contribution < -0.4 is 12.9 Å². The molecule has 0 aliphatic carbocycles. The lowest BCUT2D eigenvalue weighted by Gasteiger charge is -2.56. The SMILES string of the molecule is C=C[Si]1(C)NS(C)(C=C)NS(C)(C=C)N1. The van der Waals surface area contributed by atoms with Crippen molar-refractivity contribution in [3.8, 4) is 0 Å². The number of rotatable bonds is 3. The third kappa shape index (κ3) is 2.77. The summed E-state index contributed by atoms with van der Waals surface area (Å²) < 4.78 is 10.9. The number of nitrogens with one attached hydrogen (secondary N) is 3. The molecule has 1 fully saturated rings. The third-order valence-electron chi connectivity index (χ3n) is 2.27. The van der Waals surface area contributed by atoms with Gasteiger partial charge in [0.1, 0.15) is 0 Å². The lowest BCUT2D eigenvalue weighted by molar-refractivity contribution is 1.25. The molecule has 6 heteroatoms. The molecule has 1 aliphatic heterocycles. The summed E-state index contributed by atoms with van der Waals surface area (Å²) in [6, 6.07) is 0. The maximum Gasteiger partial charge on any atom is 0.242 e. The second-order valence-corrected chi connectivity index (χ2v) is 13.7. The Hall–Kier alpha value is 0.0169. The standard InChI is InChI=1S/C9H21N3S2Si/c1-7-13(4)10-14(5,8-2)12-15(6,9-3)11-13/h7-12H,1-3H2,4-6H3. The van der Waals surface area contributed by atoms with Crippen LogP contribution in [-0.2, 0) is 0 Å². The Balaban J connectivity index is 3.07. The van der Waals surface area contributed by atoms with E-state index in [0.29, 0.717) is 0 Å². The minimum absolute atomic E-state index is 1.16. The Labute approximate surface area is 97.4 Å². The van der Waals surface area contributed by atoms with Crippen molar-refractivity contribution in [3.05, 3.63) is 36.3 Å². The first-order chi connectivity index (χ1) is 6.80. The topological polar surface area (TPSA) is 36.1 Å². The van der Waals surface area contributed by atoms with E-state index in [9.17, 15) is 0 Å². The second-order valence-electron chi connectivity index (χ2n) is 3.99. The van der Waals surface area contributed by atoms with Gasteiger partial charge in [-0.15, -0.1) is 27.4 Å². The summed E-state index contributed by atoms with van der Waals surface area (Å²) in [6.07, 6.45) is 4.34. The van der Waals surface area contributed by atoms with Crippen LogP contribution in [0.15, 0.2) is 36.3 Å². The van der Waals surface area contributed by atoms with Crippen LogP contribution in [0.25, 0.3) is 0 Å². The van der Waals surface area contributed by atoms with Crippen LogP contribution in [0.4, 0.5) is 0 Å². The van der Waals surface area contributed by atoms with Gasteiger partial charge in [0.15, 0.2) is 0 Å². The first-order valence-electron chi connectivity index (χ1n) is 4.62. The van der Waals surface area contributed by atoms with Gasteiger partial charge in [-0.25, -0.2) is 4.13 Å². The molecule has 3 nitrogen and oxygen atoms in total. The van der Waals surface area contributed by atoms with Crippen molar-refractivity contribution in [1.82, 2.24) is 12.9 Å². The van der Waals surface area contributed by atoms with Gasteiger partial charge in [-0.1, -0.05) is 18.9 Å². The van der Waals surface area contributed by atoms with E-state index in [1.165, 1.54) is 0 Å². The van der Waals surface area contributed by atoms with Crippen LogP contribution in [0.5, 0.6) is 0 Å². The molecule has 0 amide bonds. The van der Waals surface area contributed by atoms with Crippen molar-refractivity contribution in [2.45, 2.75) is 6.55 Å². The Morgan fingerprint density at radius 3 is 1.67 bits per heavy atom. The molecule has 15 heavy (non-hydrogen) atoms. The molecular weight excluding hydrogens is 242 g/mol. The van der Waals surface area contributed by atoms with Gasteiger partial charge >= 0.3 is 0 Å². The van der Waals surface area contributed by atoms with Crippen LogP contribution in [0.3, 0.4) is 0 Å². The van der Waals surface area contributed by atoms with Crippen molar-refractivity contribution in [3.63, 3.8) is 0 Å². The fraction of sp³-hybridized carbons (Fsp3) is 0.333. The number of hydrogen-bond acceptors (Lipinski definition) is 3. The predicted molar refractivity (Wildman–Crippen MR) is 78.6 cm³/mol. The minimum Gasteiger partial charge on any atom is -0.269 e. The second kappa shape index (κ2) is 4.12. The Morgan fingerprint density at radius 1 is 1.00 bits per heavy atom. The molecule has 0 bridgehead atoms. The summed E-state index contributed by atoms with van der Waals surface area (Å²) in [5.74, 6) is 0. The van der Waals surface area contributed by atoms with E-state index < -0.39 is 29.2 Å². The van der Waals surface area contributed by atoms with Crippen LogP contribution in [0.1, 0.15) is 0 Å². The molecule has 0 aromatic carbocycles. The van der Waals surface area contributed by atoms with E-state index in [2.05, 4.69) is 51.7 Å². The smallest absolute Gasteiger partial charge is 0.242 e. The maximum atomic E-state index is 3.92. The van der Waals surface area contributed by atoms with Gasteiger partial charge < -0.3 is 0 Å². The average Bonchev–Trinajstić information content (AvgIpc) is 2.16. The molecule has 1 rings (SSSR count). The van der Waals surface area contributed by atoms with Crippen molar-refractivity contribution >= 4 is 29.2 Å². The lowest BCUT2D eigenvalue weighted by Crippen LogP contribution is -2.66. The molecule has 0 radical (unpaired) electrons. The highest BCUT2D eigenvalue weighted by atomic mass is 32.3. The minimum atomic E-state index is -1.79. The highest BCUT2D eigenvalue weighted by molar-refractivity contribution is 8.48. The molecule has 0 aromatic rings. The quantitative estimate of drug-likeness (QED) is 0.684. The van der Waals surface area contributed by atoms with E-state index in [1.54, 1.807) is 0 Å². The van der Waals surface area contributed by atoms with Crippen LogP contribution >= 0.6 is 20.8 Å². The summed E-state index contributed by atoms with van der Waals surface area (Å²) in [6.45, 7) is 13.9. The summed E-state index contributed by atoms with van der Waals surface area (Å²) in [7, 11) is -4.11. The molecule has 3 N–H and O–H groups in total. The van der Waals surface area contributed by atoms with Gasteiger partial charge in [0.05, 0.1) is 0 Å².